The third-order valence-electron chi connectivity index (χ3n) is 3.69. The molecule has 0 fully saturated rings. The van der Waals surface area contributed by atoms with Crippen LogP contribution >= 0.6 is 0 Å². The van der Waals surface area contributed by atoms with Crippen molar-refractivity contribution in [3.63, 3.8) is 0 Å². The molecule has 0 saturated carbocycles. The van der Waals surface area contributed by atoms with E-state index in [1.807, 2.05) is 5.32 Å². The number of alkyl halides is 6. The van der Waals surface area contributed by atoms with Crippen LogP contribution in [0.15, 0.2) is 54.6 Å². The molecule has 0 spiro atoms. The average Bonchev–Trinajstić information content (AvgIpc) is 2.65. The van der Waals surface area contributed by atoms with Gasteiger partial charge in [-0.2, -0.15) is 26.3 Å². The number of carbonyl (C=O) groups is 2. The van der Waals surface area contributed by atoms with Gasteiger partial charge in [0.15, 0.2) is 5.78 Å². The molecule has 0 unspecified atom stereocenters. The van der Waals surface area contributed by atoms with Gasteiger partial charge in [0.1, 0.15) is 5.75 Å². The van der Waals surface area contributed by atoms with Gasteiger partial charge in [-0.1, -0.05) is 0 Å². The van der Waals surface area contributed by atoms with Crippen molar-refractivity contribution in [2.24, 2.45) is 0 Å². The lowest BCUT2D eigenvalue weighted by atomic mass is 10.1. The molecule has 0 atom stereocenters. The van der Waals surface area contributed by atoms with Crippen LogP contribution in [0.2, 0.25) is 0 Å². The van der Waals surface area contributed by atoms with Gasteiger partial charge in [0.2, 0.25) is 5.91 Å². The lowest BCUT2D eigenvalue weighted by Crippen LogP contribution is -2.14. The maximum atomic E-state index is 12.8. The van der Waals surface area contributed by atoms with E-state index < -0.39 is 40.9 Å². The van der Waals surface area contributed by atoms with Crippen molar-refractivity contribution in [1.82, 2.24) is 0 Å². The first kappa shape index (κ1) is 23.0. The highest BCUT2D eigenvalue weighted by atomic mass is 19.4. The Labute approximate surface area is 167 Å². The zero-order valence-electron chi connectivity index (χ0n) is 15.4. The molecule has 0 aromatic heterocycles. The van der Waals surface area contributed by atoms with Crippen LogP contribution in [0.1, 0.15) is 28.4 Å². The summed E-state index contributed by atoms with van der Waals surface area (Å²) in [5.41, 5.74) is -3.63. The second-order valence-corrected chi connectivity index (χ2v) is 5.94. The number of ketones is 1. The van der Waals surface area contributed by atoms with Crippen molar-refractivity contribution in [1.29, 1.82) is 0 Å². The van der Waals surface area contributed by atoms with E-state index in [9.17, 15) is 35.9 Å². The molecule has 1 amide bonds. The number of benzene rings is 2. The summed E-state index contributed by atoms with van der Waals surface area (Å²) in [5.74, 6) is -1.13. The number of hydrogen-bond acceptors (Lipinski definition) is 3. The van der Waals surface area contributed by atoms with Gasteiger partial charge in [-0.05, 0) is 55.5 Å². The number of nitrogens with one attached hydrogen (secondary N) is 1. The first-order chi connectivity index (χ1) is 13.9. The first-order valence-electron chi connectivity index (χ1n) is 8.46. The van der Waals surface area contributed by atoms with E-state index in [2.05, 4.69) is 0 Å². The van der Waals surface area contributed by atoms with Crippen LogP contribution in [0.3, 0.4) is 0 Å². The minimum atomic E-state index is -5.04. The van der Waals surface area contributed by atoms with E-state index >= 15 is 0 Å². The molecule has 0 aliphatic heterocycles. The summed E-state index contributed by atoms with van der Waals surface area (Å²) < 4.78 is 82.3. The normalized spacial score (nSPS) is 12.1. The molecule has 4 nitrogen and oxygen atoms in total. The fourth-order valence-corrected chi connectivity index (χ4v) is 2.34. The number of hydrogen-bond donors (Lipinski definition) is 1. The van der Waals surface area contributed by atoms with Gasteiger partial charge in [0.05, 0.1) is 17.7 Å². The SMILES string of the molecule is CCOc1ccc(C(=O)/C=C/C(=O)Nc2cc(C(F)(F)F)cc(C(F)(F)F)c2)cc1. The van der Waals surface area contributed by atoms with Gasteiger partial charge in [-0.15, -0.1) is 0 Å². The van der Waals surface area contributed by atoms with E-state index in [1.54, 1.807) is 6.92 Å². The summed E-state index contributed by atoms with van der Waals surface area (Å²) in [7, 11) is 0. The highest BCUT2D eigenvalue weighted by molar-refractivity contribution is 6.09. The smallest absolute Gasteiger partial charge is 0.416 e. The number of rotatable bonds is 6. The van der Waals surface area contributed by atoms with Crippen molar-refractivity contribution >= 4 is 17.4 Å². The standard InChI is InChI=1S/C20H15F6NO3/c1-2-30-16-5-3-12(4-6-16)17(28)7-8-18(29)27-15-10-13(19(21,22)23)9-14(11-15)20(24,25)26/h3-11H,2H2,1H3,(H,27,29)/b8-7+. The summed E-state index contributed by atoms with van der Waals surface area (Å²) in [4.78, 5) is 23.9. The Morgan fingerprint density at radius 2 is 1.43 bits per heavy atom. The van der Waals surface area contributed by atoms with Gasteiger partial charge in [-0.25, -0.2) is 0 Å². The second kappa shape index (κ2) is 9.02. The highest BCUT2D eigenvalue weighted by Gasteiger charge is 2.37. The molecule has 0 radical (unpaired) electrons. The molecule has 0 bridgehead atoms. The molecule has 0 saturated heterocycles. The van der Waals surface area contributed by atoms with E-state index in [-0.39, 0.29) is 11.6 Å². The Morgan fingerprint density at radius 3 is 1.90 bits per heavy atom. The zero-order chi connectivity index (χ0) is 22.5. The van der Waals surface area contributed by atoms with Crippen LogP contribution in [0.4, 0.5) is 32.0 Å². The summed E-state index contributed by atoms with van der Waals surface area (Å²) in [5, 5.41) is 1.90. The lowest BCUT2D eigenvalue weighted by molar-refractivity contribution is -0.143. The Morgan fingerprint density at radius 1 is 0.900 bits per heavy atom. The van der Waals surface area contributed by atoms with Crippen molar-refractivity contribution < 1.29 is 40.7 Å². The van der Waals surface area contributed by atoms with E-state index in [0.717, 1.165) is 6.08 Å². The minimum Gasteiger partial charge on any atom is -0.494 e. The van der Waals surface area contributed by atoms with Crippen molar-refractivity contribution in [2.45, 2.75) is 19.3 Å². The Hall–Kier alpha value is -3.30. The molecule has 2 aromatic carbocycles. The Balaban J connectivity index is 2.15. The van der Waals surface area contributed by atoms with Crippen LogP contribution in [0, 0.1) is 0 Å². The summed E-state index contributed by atoms with van der Waals surface area (Å²) in [6.07, 6.45) is -8.52. The third kappa shape index (κ3) is 6.36. The minimum absolute atomic E-state index is 0.0546. The lowest BCUT2D eigenvalue weighted by Gasteiger charge is -2.14. The number of carbonyl (C=O) groups excluding carboxylic acids is 2. The monoisotopic (exact) mass is 431 g/mol. The summed E-state index contributed by atoms with van der Waals surface area (Å²) in [6, 6.07) is 6.64. The molecule has 0 heterocycles. The molecular formula is C20H15F6NO3. The summed E-state index contributed by atoms with van der Waals surface area (Å²) in [6.45, 7) is 2.21. The molecule has 0 aliphatic rings. The summed E-state index contributed by atoms with van der Waals surface area (Å²) >= 11 is 0. The van der Waals surface area contributed by atoms with E-state index in [0.29, 0.717) is 30.6 Å². The molecule has 1 N–H and O–H groups in total. The fraction of sp³-hybridized carbons (Fsp3) is 0.200. The number of ether oxygens (including phenoxy) is 1. The van der Waals surface area contributed by atoms with Crippen molar-refractivity contribution in [3.8, 4) is 5.75 Å². The molecule has 0 aliphatic carbocycles. The van der Waals surface area contributed by atoms with Gasteiger partial charge in [0, 0.05) is 17.3 Å². The Kier molecular flexibility index (Phi) is 6.91. The van der Waals surface area contributed by atoms with Gasteiger partial charge < -0.3 is 10.1 Å². The highest BCUT2D eigenvalue weighted by Crippen LogP contribution is 2.37. The molecule has 2 aromatic rings. The van der Waals surface area contributed by atoms with Crippen LogP contribution in [-0.2, 0) is 17.1 Å². The maximum absolute atomic E-state index is 12.8. The molecule has 10 heteroatoms. The molecule has 30 heavy (non-hydrogen) atoms. The van der Waals surface area contributed by atoms with Gasteiger partial charge in [-0.3, -0.25) is 9.59 Å². The number of amides is 1. The molecular weight excluding hydrogens is 416 g/mol. The first-order valence-corrected chi connectivity index (χ1v) is 8.46. The van der Waals surface area contributed by atoms with Crippen molar-refractivity contribution in [3.05, 3.63) is 71.3 Å². The van der Waals surface area contributed by atoms with Crippen LogP contribution in [-0.4, -0.2) is 18.3 Å². The van der Waals surface area contributed by atoms with Crippen molar-refractivity contribution in [2.75, 3.05) is 11.9 Å². The second-order valence-electron chi connectivity index (χ2n) is 5.94. The van der Waals surface area contributed by atoms with Gasteiger partial charge in [0.25, 0.3) is 0 Å². The predicted octanol–water partition coefficient (Wildman–Crippen LogP) is 5.50. The number of halogens is 6. The molecule has 160 valence electrons. The quantitative estimate of drug-likeness (QED) is 0.373. The fourth-order valence-electron chi connectivity index (χ4n) is 2.34. The zero-order valence-corrected chi connectivity index (χ0v) is 15.4. The predicted molar refractivity (Wildman–Crippen MR) is 96.2 cm³/mol. The topological polar surface area (TPSA) is 55.4 Å². The number of anilines is 1. The number of allylic oxidation sites excluding steroid dienone is 1. The maximum Gasteiger partial charge on any atom is 0.416 e. The molecule has 2 rings (SSSR count). The third-order valence-corrected chi connectivity index (χ3v) is 3.69. The van der Waals surface area contributed by atoms with E-state index in [1.165, 1.54) is 24.3 Å². The Bertz CT molecular complexity index is 914. The van der Waals surface area contributed by atoms with Gasteiger partial charge >= 0.3 is 12.4 Å². The van der Waals surface area contributed by atoms with Crippen LogP contribution in [0.5, 0.6) is 5.75 Å². The van der Waals surface area contributed by atoms with E-state index in [4.69, 9.17) is 4.74 Å². The largest absolute Gasteiger partial charge is 0.494 e. The average molecular weight is 431 g/mol. The van der Waals surface area contributed by atoms with Crippen LogP contribution < -0.4 is 10.1 Å². The van der Waals surface area contributed by atoms with Crippen LogP contribution in [0.25, 0.3) is 0 Å².